The zero-order valence-corrected chi connectivity index (χ0v) is 16.8. The fourth-order valence-electron chi connectivity index (χ4n) is 3.92. The third-order valence-electron chi connectivity index (χ3n) is 5.62. The van der Waals surface area contributed by atoms with Crippen molar-refractivity contribution in [2.45, 2.75) is 38.5 Å². The average Bonchev–Trinajstić information content (AvgIpc) is 2.96. The highest BCUT2D eigenvalue weighted by atomic mass is 16.6. The first-order chi connectivity index (χ1) is 14.5. The Hall–Kier alpha value is -3.17. The predicted molar refractivity (Wildman–Crippen MR) is 109 cm³/mol. The molecule has 0 saturated carbocycles. The number of amides is 3. The normalized spacial score (nSPS) is 17.9. The number of nitrogens with zero attached hydrogens (tertiary/aromatic N) is 3. The summed E-state index contributed by atoms with van der Waals surface area (Å²) in [6.45, 7) is 1.53. The molecule has 1 aromatic carbocycles. The molecule has 0 aromatic heterocycles. The summed E-state index contributed by atoms with van der Waals surface area (Å²) in [6, 6.07) is 6.57. The monoisotopic (exact) mass is 417 g/mol. The van der Waals surface area contributed by atoms with Gasteiger partial charge in [-0.05, 0) is 31.7 Å². The first-order valence-electron chi connectivity index (χ1n) is 10.3. The molecule has 2 N–H and O–H groups in total. The number of para-hydroxylation sites is 2. The van der Waals surface area contributed by atoms with Gasteiger partial charge in [-0.2, -0.15) is 0 Å². The largest absolute Gasteiger partial charge is 0.366 e. The summed E-state index contributed by atoms with van der Waals surface area (Å²) < 4.78 is 0. The third-order valence-corrected chi connectivity index (χ3v) is 5.62. The van der Waals surface area contributed by atoms with Gasteiger partial charge in [-0.1, -0.05) is 18.6 Å². The average molecular weight is 417 g/mol. The number of carbonyl (C=O) groups excluding carboxylic acids is 3. The van der Waals surface area contributed by atoms with E-state index in [-0.39, 0.29) is 30.0 Å². The van der Waals surface area contributed by atoms with Crippen LogP contribution in [0.15, 0.2) is 24.3 Å². The maximum atomic E-state index is 12.4. The highest BCUT2D eigenvalue weighted by Gasteiger charge is 2.28. The van der Waals surface area contributed by atoms with Crippen molar-refractivity contribution in [2.75, 3.05) is 31.1 Å². The van der Waals surface area contributed by atoms with Gasteiger partial charge in [0.2, 0.25) is 11.8 Å². The van der Waals surface area contributed by atoms with Gasteiger partial charge in [0, 0.05) is 38.0 Å². The van der Waals surface area contributed by atoms with E-state index in [0.717, 1.165) is 19.3 Å². The highest BCUT2D eigenvalue weighted by Crippen LogP contribution is 2.31. The van der Waals surface area contributed by atoms with Crippen LogP contribution in [0.2, 0.25) is 0 Å². The number of carbonyl (C=O) groups is 3. The minimum atomic E-state index is -0.420. The van der Waals surface area contributed by atoms with Crippen LogP contribution in [0.25, 0.3) is 0 Å². The van der Waals surface area contributed by atoms with E-state index in [1.165, 1.54) is 11.0 Å². The van der Waals surface area contributed by atoms with Crippen LogP contribution in [0.5, 0.6) is 0 Å². The molecule has 2 aliphatic rings. The Balaban J connectivity index is 1.45. The van der Waals surface area contributed by atoms with Crippen LogP contribution in [0.4, 0.5) is 11.4 Å². The highest BCUT2D eigenvalue weighted by molar-refractivity contribution is 5.87. The number of hydrogen-bond acceptors (Lipinski definition) is 6. The number of nitro groups is 1. The Morgan fingerprint density at radius 3 is 2.53 bits per heavy atom. The zero-order chi connectivity index (χ0) is 21.5. The Morgan fingerprint density at radius 2 is 1.80 bits per heavy atom. The SMILES string of the molecule is O=C(CN1CCCCCC1=O)NNC(=O)C1CCN(c2ccccc2[N+](=O)[O-])CC1. The van der Waals surface area contributed by atoms with Gasteiger partial charge < -0.3 is 9.80 Å². The van der Waals surface area contributed by atoms with Crippen LogP contribution in [0.3, 0.4) is 0 Å². The molecule has 3 rings (SSSR count). The van der Waals surface area contributed by atoms with Crippen molar-refractivity contribution in [3.8, 4) is 0 Å². The summed E-state index contributed by atoms with van der Waals surface area (Å²) in [5, 5.41) is 11.2. The first-order valence-corrected chi connectivity index (χ1v) is 10.3. The van der Waals surface area contributed by atoms with Crippen LogP contribution < -0.4 is 15.8 Å². The molecule has 0 unspecified atom stereocenters. The summed E-state index contributed by atoms with van der Waals surface area (Å²) in [5.41, 5.74) is 5.46. The second-order valence-electron chi connectivity index (χ2n) is 7.67. The van der Waals surface area contributed by atoms with Crippen LogP contribution in [0, 0.1) is 16.0 Å². The Kier molecular flexibility index (Phi) is 7.21. The minimum Gasteiger partial charge on any atom is -0.366 e. The van der Waals surface area contributed by atoms with Gasteiger partial charge in [0.25, 0.3) is 11.6 Å². The molecule has 2 aliphatic heterocycles. The lowest BCUT2D eigenvalue weighted by Crippen LogP contribution is -2.50. The second-order valence-corrected chi connectivity index (χ2v) is 7.67. The van der Waals surface area contributed by atoms with E-state index < -0.39 is 10.8 Å². The summed E-state index contributed by atoms with van der Waals surface area (Å²) in [5.74, 6) is -1.02. The van der Waals surface area contributed by atoms with Crippen molar-refractivity contribution >= 4 is 29.1 Å². The first kappa shape index (κ1) is 21.5. The van der Waals surface area contributed by atoms with Crippen molar-refractivity contribution < 1.29 is 19.3 Å². The number of benzene rings is 1. The molecule has 3 amide bonds. The van der Waals surface area contributed by atoms with E-state index in [1.54, 1.807) is 18.2 Å². The molecule has 2 fully saturated rings. The number of hydrazine groups is 1. The topological polar surface area (TPSA) is 125 Å². The number of nitrogens with one attached hydrogen (secondary N) is 2. The van der Waals surface area contributed by atoms with Crippen LogP contribution in [-0.4, -0.2) is 53.7 Å². The summed E-state index contributed by atoms with van der Waals surface area (Å²) >= 11 is 0. The lowest BCUT2D eigenvalue weighted by molar-refractivity contribution is -0.384. The van der Waals surface area contributed by atoms with Gasteiger partial charge in [-0.3, -0.25) is 35.3 Å². The number of piperidine rings is 1. The van der Waals surface area contributed by atoms with E-state index in [4.69, 9.17) is 0 Å². The predicted octanol–water partition coefficient (Wildman–Crippen LogP) is 1.36. The molecule has 0 atom stereocenters. The summed E-state index contributed by atoms with van der Waals surface area (Å²) in [6.07, 6.45) is 4.21. The molecule has 1 aromatic rings. The second kappa shape index (κ2) is 10.0. The Morgan fingerprint density at radius 1 is 1.07 bits per heavy atom. The quantitative estimate of drug-likeness (QED) is 0.551. The molecule has 0 radical (unpaired) electrons. The fourth-order valence-corrected chi connectivity index (χ4v) is 3.92. The van der Waals surface area contributed by atoms with E-state index in [0.29, 0.717) is 44.6 Å². The van der Waals surface area contributed by atoms with E-state index >= 15 is 0 Å². The van der Waals surface area contributed by atoms with Gasteiger partial charge in [-0.25, -0.2) is 0 Å². The number of rotatable bonds is 5. The Bertz CT molecular complexity index is 807. The number of hydrogen-bond donors (Lipinski definition) is 2. The van der Waals surface area contributed by atoms with Gasteiger partial charge in [0.15, 0.2) is 0 Å². The van der Waals surface area contributed by atoms with Crippen LogP contribution in [-0.2, 0) is 14.4 Å². The molecule has 0 aliphatic carbocycles. The van der Waals surface area contributed by atoms with Crippen LogP contribution >= 0.6 is 0 Å². The zero-order valence-electron chi connectivity index (χ0n) is 16.8. The maximum absolute atomic E-state index is 12.4. The molecule has 30 heavy (non-hydrogen) atoms. The molecule has 2 heterocycles. The smallest absolute Gasteiger partial charge is 0.292 e. The van der Waals surface area contributed by atoms with Crippen molar-refractivity contribution in [2.24, 2.45) is 5.92 Å². The number of anilines is 1. The van der Waals surface area contributed by atoms with Crippen molar-refractivity contribution in [3.05, 3.63) is 34.4 Å². The molecule has 0 spiro atoms. The maximum Gasteiger partial charge on any atom is 0.292 e. The number of nitro benzene ring substituents is 1. The van der Waals surface area contributed by atoms with Gasteiger partial charge in [0.1, 0.15) is 12.2 Å². The molecule has 2 saturated heterocycles. The lowest BCUT2D eigenvalue weighted by atomic mass is 9.95. The summed E-state index contributed by atoms with van der Waals surface area (Å²) in [7, 11) is 0. The standard InChI is InChI=1S/C20H27N5O5/c26-18(14-24-11-5-1-2-8-19(24)27)21-22-20(28)15-9-12-23(13-10-15)16-6-3-4-7-17(16)25(29)30/h3-4,6-7,15H,1-2,5,8-14H2,(H,21,26)(H,22,28). The van der Waals surface area contributed by atoms with Crippen molar-refractivity contribution in [3.63, 3.8) is 0 Å². The Labute approximate surface area is 174 Å². The lowest BCUT2D eigenvalue weighted by Gasteiger charge is -2.32. The van der Waals surface area contributed by atoms with E-state index in [2.05, 4.69) is 10.9 Å². The minimum absolute atomic E-state index is 0.0312. The van der Waals surface area contributed by atoms with Gasteiger partial charge >= 0.3 is 0 Å². The molecular formula is C20H27N5O5. The molecule has 10 heteroatoms. The third kappa shape index (κ3) is 5.46. The van der Waals surface area contributed by atoms with E-state index in [1.807, 2.05) is 4.90 Å². The van der Waals surface area contributed by atoms with Crippen molar-refractivity contribution in [1.82, 2.24) is 15.8 Å². The van der Waals surface area contributed by atoms with Gasteiger partial charge in [0.05, 0.1) is 4.92 Å². The molecule has 0 bridgehead atoms. The number of likely N-dealkylation sites (tertiary alicyclic amines) is 1. The fraction of sp³-hybridized carbons (Fsp3) is 0.550. The molecular weight excluding hydrogens is 390 g/mol. The van der Waals surface area contributed by atoms with Gasteiger partial charge in [-0.15, -0.1) is 0 Å². The van der Waals surface area contributed by atoms with Crippen LogP contribution in [0.1, 0.15) is 38.5 Å². The molecule has 162 valence electrons. The van der Waals surface area contributed by atoms with Crippen molar-refractivity contribution in [1.29, 1.82) is 0 Å². The van der Waals surface area contributed by atoms with E-state index in [9.17, 15) is 24.5 Å². The molecule has 10 nitrogen and oxygen atoms in total. The summed E-state index contributed by atoms with van der Waals surface area (Å²) in [4.78, 5) is 50.7.